The van der Waals surface area contributed by atoms with E-state index in [9.17, 15) is 18.4 Å². The standard InChI is InChI=1S/C28H23F2N3O2/c1-16-25(28(35)33-22-10-9-20(29)14-21(22)30)26(18-8-5-11-31-15-18)27-23(32-16)12-19(13-24(27)34)17-6-3-2-4-7-17/h2-11,14-15,19,26,32H,12-13H2,1H3,(H,33,35)/t19-,26+/m1/s1. The molecule has 1 aliphatic carbocycles. The zero-order valence-corrected chi connectivity index (χ0v) is 19.0. The Kier molecular flexibility index (Phi) is 5.99. The first-order valence-electron chi connectivity index (χ1n) is 11.4. The fraction of sp³-hybridized carbons (Fsp3) is 0.179. The number of hydrogen-bond donors (Lipinski definition) is 2. The summed E-state index contributed by atoms with van der Waals surface area (Å²) in [5.41, 5.74) is 3.82. The van der Waals surface area contributed by atoms with E-state index < -0.39 is 23.5 Å². The molecule has 5 nitrogen and oxygen atoms in total. The van der Waals surface area contributed by atoms with Gasteiger partial charge in [-0.15, -0.1) is 0 Å². The number of nitrogens with one attached hydrogen (secondary N) is 2. The maximum absolute atomic E-state index is 14.3. The Morgan fingerprint density at radius 3 is 2.51 bits per heavy atom. The highest BCUT2D eigenvalue weighted by molar-refractivity contribution is 6.10. The third-order valence-corrected chi connectivity index (χ3v) is 6.54. The molecule has 0 saturated carbocycles. The highest BCUT2D eigenvalue weighted by atomic mass is 19.1. The molecule has 2 atom stereocenters. The topological polar surface area (TPSA) is 71.1 Å². The van der Waals surface area contributed by atoms with Crippen LogP contribution in [0.25, 0.3) is 0 Å². The fourth-order valence-electron chi connectivity index (χ4n) is 4.96. The first-order valence-corrected chi connectivity index (χ1v) is 11.4. The predicted octanol–water partition coefficient (Wildman–Crippen LogP) is 5.36. The zero-order valence-electron chi connectivity index (χ0n) is 19.0. The molecule has 0 saturated heterocycles. The summed E-state index contributed by atoms with van der Waals surface area (Å²) < 4.78 is 27.6. The lowest BCUT2D eigenvalue weighted by molar-refractivity contribution is -0.116. The SMILES string of the molecule is CC1=C(C(=O)Nc2ccc(F)cc2F)[C@H](c2cccnc2)C2=C(C[C@@H](c3ccccc3)CC2=O)N1. The van der Waals surface area contributed by atoms with Crippen LogP contribution in [-0.4, -0.2) is 16.7 Å². The van der Waals surface area contributed by atoms with Crippen molar-refractivity contribution in [2.75, 3.05) is 5.32 Å². The molecule has 1 amide bonds. The van der Waals surface area contributed by atoms with Crippen molar-refractivity contribution in [3.05, 3.63) is 118 Å². The van der Waals surface area contributed by atoms with Crippen LogP contribution < -0.4 is 10.6 Å². The number of amides is 1. The van der Waals surface area contributed by atoms with Gasteiger partial charge in [0, 0.05) is 53.3 Å². The molecule has 0 fully saturated rings. The van der Waals surface area contributed by atoms with Crippen molar-refractivity contribution in [1.82, 2.24) is 10.3 Å². The summed E-state index contributed by atoms with van der Waals surface area (Å²) in [6.07, 6.45) is 4.21. The van der Waals surface area contributed by atoms with Gasteiger partial charge in [0.15, 0.2) is 5.78 Å². The second kappa shape index (κ2) is 9.25. The molecule has 2 aliphatic rings. The summed E-state index contributed by atoms with van der Waals surface area (Å²) in [5, 5.41) is 5.84. The van der Waals surface area contributed by atoms with Crippen LogP contribution >= 0.6 is 0 Å². The van der Waals surface area contributed by atoms with E-state index >= 15 is 0 Å². The average molecular weight is 472 g/mol. The number of rotatable bonds is 4. The minimum absolute atomic E-state index is 0.0287. The highest BCUT2D eigenvalue weighted by Crippen LogP contribution is 2.45. The first kappa shape index (κ1) is 22.7. The van der Waals surface area contributed by atoms with E-state index in [1.54, 1.807) is 25.4 Å². The predicted molar refractivity (Wildman–Crippen MR) is 128 cm³/mol. The molecular weight excluding hydrogens is 448 g/mol. The normalized spacial score (nSPS) is 19.8. The number of nitrogens with zero attached hydrogens (tertiary/aromatic N) is 1. The summed E-state index contributed by atoms with van der Waals surface area (Å²) in [7, 11) is 0. The number of allylic oxidation sites excluding steroid dienone is 3. The molecule has 176 valence electrons. The second-order valence-electron chi connectivity index (χ2n) is 8.79. The van der Waals surface area contributed by atoms with Crippen molar-refractivity contribution >= 4 is 17.4 Å². The van der Waals surface area contributed by atoms with Crippen LogP contribution in [0.5, 0.6) is 0 Å². The number of ketones is 1. The Bertz CT molecular complexity index is 1370. The molecule has 2 aromatic carbocycles. The van der Waals surface area contributed by atoms with Gasteiger partial charge >= 0.3 is 0 Å². The minimum Gasteiger partial charge on any atom is -0.362 e. The molecule has 3 aromatic rings. The first-order chi connectivity index (χ1) is 16.9. The van der Waals surface area contributed by atoms with Crippen molar-refractivity contribution in [2.45, 2.75) is 31.6 Å². The highest BCUT2D eigenvalue weighted by Gasteiger charge is 2.41. The van der Waals surface area contributed by atoms with Crippen LogP contribution in [0.15, 0.2) is 95.6 Å². The van der Waals surface area contributed by atoms with Crippen molar-refractivity contribution in [2.24, 2.45) is 0 Å². The van der Waals surface area contributed by atoms with Gasteiger partial charge in [0.25, 0.3) is 5.91 Å². The van der Waals surface area contributed by atoms with Crippen molar-refractivity contribution in [1.29, 1.82) is 0 Å². The van der Waals surface area contributed by atoms with Crippen LogP contribution in [0.1, 0.15) is 42.7 Å². The van der Waals surface area contributed by atoms with Gasteiger partial charge in [0.05, 0.1) is 5.69 Å². The summed E-state index contributed by atoms with van der Waals surface area (Å²) in [5.74, 6) is -2.86. The summed E-state index contributed by atoms with van der Waals surface area (Å²) in [6, 6.07) is 16.4. The maximum atomic E-state index is 14.3. The van der Waals surface area contributed by atoms with Crippen molar-refractivity contribution in [3.8, 4) is 0 Å². The van der Waals surface area contributed by atoms with Gasteiger partial charge in [0.1, 0.15) is 11.6 Å². The molecule has 0 bridgehead atoms. The number of carbonyl (C=O) groups excluding carboxylic acids is 2. The van der Waals surface area contributed by atoms with E-state index in [4.69, 9.17) is 0 Å². The number of carbonyl (C=O) groups is 2. The summed E-state index contributed by atoms with van der Waals surface area (Å²) >= 11 is 0. The smallest absolute Gasteiger partial charge is 0.254 e. The number of Topliss-reactive ketones (excluding diaryl/α,β-unsaturated/α-hetero) is 1. The monoisotopic (exact) mass is 471 g/mol. The molecule has 1 aliphatic heterocycles. The number of benzene rings is 2. The van der Waals surface area contributed by atoms with Crippen LogP contribution in [0.4, 0.5) is 14.5 Å². The Morgan fingerprint density at radius 1 is 1.03 bits per heavy atom. The van der Waals surface area contributed by atoms with E-state index in [0.29, 0.717) is 41.3 Å². The van der Waals surface area contributed by atoms with Crippen molar-refractivity contribution < 1.29 is 18.4 Å². The Morgan fingerprint density at radius 2 is 1.80 bits per heavy atom. The van der Waals surface area contributed by atoms with Gasteiger partial charge in [-0.3, -0.25) is 14.6 Å². The Labute approximate surface area is 201 Å². The number of anilines is 1. The molecular formula is C28H23F2N3O2. The molecule has 0 radical (unpaired) electrons. The largest absolute Gasteiger partial charge is 0.362 e. The quantitative estimate of drug-likeness (QED) is 0.538. The number of dihydropyridines is 1. The van der Waals surface area contributed by atoms with Crippen LogP contribution in [-0.2, 0) is 9.59 Å². The van der Waals surface area contributed by atoms with Gasteiger partial charge in [-0.25, -0.2) is 8.78 Å². The molecule has 35 heavy (non-hydrogen) atoms. The molecule has 0 spiro atoms. The molecule has 2 N–H and O–H groups in total. The van der Waals surface area contributed by atoms with Gasteiger partial charge in [-0.05, 0) is 48.6 Å². The van der Waals surface area contributed by atoms with Crippen LogP contribution in [0.2, 0.25) is 0 Å². The number of halogens is 2. The lowest BCUT2D eigenvalue weighted by Gasteiger charge is -2.37. The fourth-order valence-corrected chi connectivity index (χ4v) is 4.96. The van der Waals surface area contributed by atoms with Gasteiger partial charge in [-0.2, -0.15) is 0 Å². The third kappa shape index (κ3) is 4.37. The number of pyridine rings is 1. The molecule has 0 unspecified atom stereocenters. The Hall–Kier alpha value is -4.13. The van der Waals surface area contributed by atoms with Gasteiger partial charge in [-0.1, -0.05) is 36.4 Å². The molecule has 2 heterocycles. The van der Waals surface area contributed by atoms with Crippen LogP contribution in [0.3, 0.4) is 0 Å². The van der Waals surface area contributed by atoms with E-state index in [0.717, 1.165) is 17.3 Å². The summed E-state index contributed by atoms with van der Waals surface area (Å²) in [4.78, 5) is 31.2. The lowest BCUT2D eigenvalue weighted by Crippen LogP contribution is -2.37. The van der Waals surface area contributed by atoms with E-state index in [-0.39, 0.29) is 17.4 Å². The van der Waals surface area contributed by atoms with Crippen LogP contribution in [0, 0.1) is 11.6 Å². The molecule has 5 rings (SSSR count). The Balaban J connectivity index is 1.55. The molecule has 7 heteroatoms. The minimum atomic E-state index is -0.877. The van der Waals surface area contributed by atoms with E-state index in [1.807, 2.05) is 36.4 Å². The van der Waals surface area contributed by atoms with Crippen molar-refractivity contribution in [3.63, 3.8) is 0 Å². The number of hydrogen-bond acceptors (Lipinski definition) is 4. The third-order valence-electron chi connectivity index (χ3n) is 6.54. The maximum Gasteiger partial charge on any atom is 0.254 e. The summed E-state index contributed by atoms with van der Waals surface area (Å²) in [6.45, 7) is 1.76. The average Bonchev–Trinajstić information content (AvgIpc) is 2.85. The second-order valence-corrected chi connectivity index (χ2v) is 8.79. The van der Waals surface area contributed by atoms with E-state index in [2.05, 4.69) is 15.6 Å². The zero-order chi connectivity index (χ0) is 24.5. The van der Waals surface area contributed by atoms with Gasteiger partial charge < -0.3 is 10.6 Å². The molecule has 1 aromatic heterocycles. The van der Waals surface area contributed by atoms with Gasteiger partial charge in [0.2, 0.25) is 0 Å². The lowest BCUT2D eigenvalue weighted by atomic mass is 9.72. The van der Waals surface area contributed by atoms with E-state index in [1.165, 1.54) is 6.07 Å². The number of aromatic nitrogens is 1.